The molecule has 2 rings (SSSR count). The van der Waals surface area contributed by atoms with Gasteiger partial charge in [0, 0.05) is 5.46 Å². The number of ether oxygens (including phenoxy) is 1. The molecular formula is C16H24BFO3. The normalized spacial score (nSPS) is 20.1. The fourth-order valence-electron chi connectivity index (χ4n) is 2.18. The molecule has 1 fully saturated rings. The zero-order valence-corrected chi connectivity index (χ0v) is 13.9. The monoisotopic (exact) mass is 294 g/mol. The second kappa shape index (κ2) is 5.29. The lowest BCUT2D eigenvalue weighted by molar-refractivity contribution is 0.00578. The minimum Gasteiger partial charge on any atom is -0.488 e. The molecule has 1 aromatic carbocycles. The number of benzene rings is 1. The summed E-state index contributed by atoms with van der Waals surface area (Å²) in [6, 6.07) is 3.54. The van der Waals surface area contributed by atoms with E-state index in [2.05, 4.69) is 0 Å². The van der Waals surface area contributed by atoms with Gasteiger partial charge in [-0.05, 0) is 54.0 Å². The van der Waals surface area contributed by atoms with Crippen LogP contribution in [0, 0.1) is 12.7 Å². The van der Waals surface area contributed by atoms with Crippen LogP contribution in [0.15, 0.2) is 12.1 Å². The Bertz CT molecular complexity index is 525. The van der Waals surface area contributed by atoms with Crippen LogP contribution >= 0.6 is 0 Å². The quantitative estimate of drug-likeness (QED) is 0.801. The van der Waals surface area contributed by atoms with Gasteiger partial charge in [0.1, 0.15) is 0 Å². The van der Waals surface area contributed by atoms with Crippen LogP contribution in [0.5, 0.6) is 5.75 Å². The van der Waals surface area contributed by atoms with Gasteiger partial charge < -0.3 is 14.0 Å². The van der Waals surface area contributed by atoms with Crippen molar-refractivity contribution in [3.63, 3.8) is 0 Å². The van der Waals surface area contributed by atoms with Crippen LogP contribution in [0.3, 0.4) is 0 Å². The first-order chi connectivity index (χ1) is 9.55. The number of rotatable bonds is 3. The van der Waals surface area contributed by atoms with Crippen molar-refractivity contribution >= 4 is 12.6 Å². The van der Waals surface area contributed by atoms with Crippen molar-refractivity contribution in [1.82, 2.24) is 0 Å². The van der Waals surface area contributed by atoms with E-state index in [1.807, 2.05) is 47.6 Å². The SMILES string of the molecule is Cc1ccc(B2OC(C)(C)C(C)(C)O2)c(OC(C)C)c1F. The molecule has 0 bridgehead atoms. The standard InChI is InChI=1S/C16H24BFO3/c1-10(2)19-14-12(9-8-11(3)13(14)18)17-20-15(4,5)16(6,7)21-17/h8-10H,1-7H3. The molecule has 1 heterocycles. The van der Waals surface area contributed by atoms with E-state index in [1.54, 1.807) is 13.0 Å². The van der Waals surface area contributed by atoms with Crippen molar-refractivity contribution < 1.29 is 18.4 Å². The summed E-state index contributed by atoms with van der Waals surface area (Å²) in [4.78, 5) is 0. The van der Waals surface area contributed by atoms with Gasteiger partial charge in [-0.3, -0.25) is 0 Å². The molecule has 116 valence electrons. The molecule has 0 N–H and O–H groups in total. The highest BCUT2D eigenvalue weighted by Gasteiger charge is 2.52. The van der Waals surface area contributed by atoms with Crippen LogP contribution in [0.2, 0.25) is 0 Å². The summed E-state index contributed by atoms with van der Waals surface area (Å²) < 4.78 is 32.1. The third-order valence-electron chi connectivity index (χ3n) is 4.18. The zero-order chi connectivity index (χ0) is 16.0. The maximum Gasteiger partial charge on any atom is 0.498 e. The maximum absolute atomic E-state index is 14.4. The van der Waals surface area contributed by atoms with Gasteiger partial charge in [-0.1, -0.05) is 12.1 Å². The second-order valence-corrected chi connectivity index (χ2v) is 6.87. The lowest BCUT2D eigenvalue weighted by Crippen LogP contribution is -2.41. The third kappa shape index (κ3) is 2.95. The fraction of sp³-hybridized carbons (Fsp3) is 0.625. The van der Waals surface area contributed by atoms with E-state index >= 15 is 0 Å². The first-order valence-corrected chi connectivity index (χ1v) is 7.36. The van der Waals surface area contributed by atoms with Crippen molar-refractivity contribution in [3.05, 3.63) is 23.5 Å². The molecule has 0 radical (unpaired) electrons. The summed E-state index contributed by atoms with van der Waals surface area (Å²) in [6.07, 6.45) is -0.123. The fourth-order valence-corrected chi connectivity index (χ4v) is 2.18. The Morgan fingerprint density at radius 2 is 1.62 bits per heavy atom. The number of aryl methyl sites for hydroxylation is 1. The summed E-state index contributed by atoms with van der Waals surface area (Å²) in [7, 11) is -0.626. The first kappa shape index (κ1) is 16.3. The van der Waals surface area contributed by atoms with E-state index in [1.165, 1.54) is 0 Å². The summed E-state index contributed by atoms with van der Waals surface area (Å²) in [5.41, 5.74) is 0.221. The number of hydrogen-bond donors (Lipinski definition) is 0. The van der Waals surface area contributed by atoms with Crippen molar-refractivity contribution in [3.8, 4) is 5.75 Å². The molecule has 0 atom stereocenters. The first-order valence-electron chi connectivity index (χ1n) is 7.36. The molecule has 3 nitrogen and oxygen atoms in total. The predicted octanol–water partition coefficient (Wildman–Crippen LogP) is 3.22. The second-order valence-electron chi connectivity index (χ2n) is 6.87. The molecule has 0 aliphatic carbocycles. The van der Waals surface area contributed by atoms with Crippen molar-refractivity contribution in [2.24, 2.45) is 0 Å². The van der Waals surface area contributed by atoms with E-state index < -0.39 is 18.3 Å². The zero-order valence-electron chi connectivity index (χ0n) is 13.9. The van der Waals surface area contributed by atoms with E-state index in [9.17, 15) is 4.39 Å². The lowest BCUT2D eigenvalue weighted by atomic mass is 9.77. The Morgan fingerprint density at radius 3 is 2.10 bits per heavy atom. The molecule has 1 saturated heterocycles. The van der Waals surface area contributed by atoms with Crippen LogP contribution in [0.1, 0.15) is 47.1 Å². The Kier molecular flexibility index (Phi) is 4.11. The molecule has 0 amide bonds. The van der Waals surface area contributed by atoms with E-state index in [0.717, 1.165) is 0 Å². The van der Waals surface area contributed by atoms with Crippen LogP contribution in [-0.4, -0.2) is 24.4 Å². The minimum absolute atomic E-state index is 0.123. The van der Waals surface area contributed by atoms with Crippen LogP contribution in [0.25, 0.3) is 0 Å². The molecule has 1 aliphatic rings. The van der Waals surface area contributed by atoms with Gasteiger partial charge in [0.05, 0.1) is 17.3 Å². The van der Waals surface area contributed by atoms with Crippen LogP contribution in [-0.2, 0) is 9.31 Å². The van der Waals surface area contributed by atoms with Crippen molar-refractivity contribution in [1.29, 1.82) is 0 Å². The summed E-state index contributed by atoms with van der Waals surface area (Å²) >= 11 is 0. The van der Waals surface area contributed by atoms with E-state index in [0.29, 0.717) is 11.0 Å². The largest absolute Gasteiger partial charge is 0.498 e. The lowest BCUT2D eigenvalue weighted by Gasteiger charge is -2.32. The van der Waals surface area contributed by atoms with Gasteiger partial charge >= 0.3 is 7.12 Å². The molecule has 0 saturated carbocycles. The van der Waals surface area contributed by atoms with E-state index in [-0.39, 0.29) is 17.7 Å². The molecule has 1 aliphatic heterocycles. The van der Waals surface area contributed by atoms with Crippen LogP contribution < -0.4 is 10.2 Å². The average molecular weight is 294 g/mol. The topological polar surface area (TPSA) is 27.7 Å². The van der Waals surface area contributed by atoms with Gasteiger partial charge in [0.25, 0.3) is 0 Å². The third-order valence-corrected chi connectivity index (χ3v) is 4.18. The Hall–Kier alpha value is -1.07. The maximum atomic E-state index is 14.4. The Balaban J connectivity index is 2.44. The Morgan fingerprint density at radius 1 is 1.10 bits per heavy atom. The number of halogens is 1. The average Bonchev–Trinajstić information content (AvgIpc) is 2.54. The molecule has 5 heteroatoms. The van der Waals surface area contributed by atoms with Crippen LogP contribution in [0.4, 0.5) is 4.39 Å². The molecule has 0 spiro atoms. The van der Waals surface area contributed by atoms with Gasteiger partial charge in [-0.25, -0.2) is 4.39 Å². The van der Waals surface area contributed by atoms with Gasteiger partial charge in [-0.15, -0.1) is 0 Å². The minimum atomic E-state index is -0.626. The smallest absolute Gasteiger partial charge is 0.488 e. The van der Waals surface area contributed by atoms with Gasteiger partial charge in [-0.2, -0.15) is 0 Å². The highest BCUT2D eigenvalue weighted by atomic mass is 19.1. The molecule has 0 aromatic heterocycles. The van der Waals surface area contributed by atoms with Crippen molar-refractivity contribution in [2.45, 2.75) is 65.8 Å². The highest BCUT2D eigenvalue weighted by Crippen LogP contribution is 2.37. The molecule has 1 aromatic rings. The summed E-state index contributed by atoms with van der Waals surface area (Å²) in [6.45, 7) is 13.4. The predicted molar refractivity (Wildman–Crippen MR) is 82.6 cm³/mol. The summed E-state index contributed by atoms with van der Waals surface area (Å²) in [5, 5.41) is 0. The molecule has 0 unspecified atom stereocenters. The number of hydrogen-bond acceptors (Lipinski definition) is 3. The van der Waals surface area contributed by atoms with E-state index in [4.69, 9.17) is 14.0 Å². The summed E-state index contributed by atoms with van der Waals surface area (Å²) in [5.74, 6) is -0.126. The van der Waals surface area contributed by atoms with Gasteiger partial charge in [0.15, 0.2) is 11.6 Å². The Labute approximate surface area is 126 Å². The molecular weight excluding hydrogens is 270 g/mol. The van der Waals surface area contributed by atoms with Crippen molar-refractivity contribution in [2.75, 3.05) is 0 Å². The molecule has 21 heavy (non-hydrogen) atoms. The highest BCUT2D eigenvalue weighted by molar-refractivity contribution is 6.63. The van der Waals surface area contributed by atoms with Gasteiger partial charge in [0.2, 0.25) is 0 Å².